The molecule has 1 aromatic heterocycles. The molecule has 0 saturated heterocycles. The van der Waals surface area contributed by atoms with Crippen LogP contribution in [0.25, 0.3) is 0 Å². The molecule has 116 valence electrons. The van der Waals surface area contributed by atoms with Gasteiger partial charge in [0.2, 0.25) is 5.91 Å². The lowest BCUT2D eigenvalue weighted by molar-refractivity contribution is -0.133. The number of nitrogens with one attached hydrogen (secondary N) is 1. The SMILES string of the molecule is CCN(C(=O)CCNC(=O)c1cccs1)C1CCCCC1. The highest BCUT2D eigenvalue weighted by Gasteiger charge is 2.23. The van der Waals surface area contributed by atoms with E-state index in [1.165, 1.54) is 30.6 Å². The molecule has 0 radical (unpaired) electrons. The van der Waals surface area contributed by atoms with E-state index in [-0.39, 0.29) is 11.8 Å². The van der Waals surface area contributed by atoms with Gasteiger partial charge < -0.3 is 10.2 Å². The lowest BCUT2D eigenvalue weighted by Crippen LogP contribution is -2.42. The highest BCUT2D eigenvalue weighted by atomic mass is 32.1. The number of nitrogens with zero attached hydrogens (tertiary/aromatic N) is 1. The van der Waals surface area contributed by atoms with Gasteiger partial charge in [0.15, 0.2) is 0 Å². The summed E-state index contributed by atoms with van der Waals surface area (Å²) in [7, 11) is 0. The van der Waals surface area contributed by atoms with Crippen molar-refractivity contribution in [3.63, 3.8) is 0 Å². The minimum Gasteiger partial charge on any atom is -0.351 e. The number of amides is 2. The Bertz CT molecular complexity index is 453. The van der Waals surface area contributed by atoms with E-state index in [9.17, 15) is 9.59 Å². The highest BCUT2D eigenvalue weighted by molar-refractivity contribution is 7.12. The van der Waals surface area contributed by atoms with E-state index in [2.05, 4.69) is 5.32 Å². The summed E-state index contributed by atoms with van der Waals surface area (Å²) in [6, 6.07) is 4.05. The van der Waals surface area contributed by atoms with Crippen molar-refractivity contribution in [2.75, 3.05) is 13.1 Å². The first-order valence-electron chi connectivity index (χ1n) is 7.83. The van der Waals surface area contributed by atoms with E-state index in [0.717, 1.165) is 19.4 Å². The molecule has 21 heavy (non-hydrogen) atoms. The molecule has 0 bridgehead atoms. The Morgan fingerprint density at radius 2 is 2.10 bits per heavy atom. The molecule has 0 aromatic carbocycles. The first-order chi connectivity index (χ1) is 10.2. The van der Waals surface area contributed by atoms with E-state index in [1.807, 2.05) is 23.3 Å². The molecule has 0 aliphatic heterocycles. The zero-order chi connectivity index (χ0) is 15.1. The van der Waals surface area contributed by atoms with E-state index < -0.39 is 0 Å². The standard InChI is InChI=1S/C16H24N2O2S/c1-2-18(13-7-4-3-5-8-13)15(19)10-11-17-16(20)14-9-6-12-21-14/h6,9,12-13H,2-5,7-8,10-11H2,1H3,(H,17,20). The number of hydrogen-bond donors (Lipinski definition) is 1. The molecular formula is C16H24N2O2S. The second-order valence-corrected chi connectivity index (χ2v) is 6.40. The summed E-state index contributed by atoms with van der Waals surface area (Å²) in [6.07, 6.45) is 6.38. The Hall–Kier alpha value is -1.36. The minimum atomic E-state index is -0.0847. The van der Waals surface area contributed by atoms with Gasteiger partial charge in [0.1, 0.15) is 0 Å². The van der Waals surface area contributed by atoms with Crippen LogP contribution in [0.5, 0.6) is 0 Å². The van der Waals surface area contributed by atoms with E-state index in [0.29, 0.717) is 23.9 Å². The van der Waals surface area contributed by atoms with Crippen LogP contribution in [0.15, 0.2) is 17.5 Å². The molecule has 1 saturated carbocycles. The maximum atomic E-state index is 12.3. The van der Waals surface area contributed by atoms with Crippen molar-refractivity contribution in [2.24, 2.45) is 0 Å². The van der Waals surface area contributed by atoms with E-state index in [1.54, 1.807) is 6.07 Å². The largest absolute Gasteiger partial charge is 0.351 e. The van der Waals surface area contributed by atoms with Crippen LogP contribution < -0.4 is 5.32 Å². The summed E-state index contributed by atoms with van der Waals surface area (Å²) in [6.45, 7) is 3.22. The first kappa shape index (κ1) is 16.0. The molecule has 1 fully saturated rings. The van der Waals surface area contributed by atoms with Crippen LogP contribution in [0, 0.1) is 0 Å². The molecule has 2 amide bonds. The van der Waals surface area contributed by atoms with Crippen molar-refractivity contribution in [1.29, 1.82) is 0 Å². The molecule has 1 N–H and O–H groups in total. The number of hydrogen-bond acceptors (Lipinski definition) is 3. The van der Waals surface area contributed by atoms with Gasteiger partial charge >= 0.3 is 0 Å². The predicted octanol–water partition coefficient (Wildman–Crippen LogP) is 3.05. The average Bonchev–Trinajstić information content (AvgIpc) is 3.03. The monoisotopic (exact) mass is 308 g/mol. The smallest absolute Gasteiger partial charge is 0.261 e. The molecule has 0 unspecified atom stereocenters. The normalized spacial score (nSPS) is 15.7. The van der Waals surface area contributed by atoms with Crippen LogP contribution in [0.2, 0.25) is 0 Å². The third kappa shape index (κ3) is 4.56. The molecule has 1 aliphatic carbocycles. The van der Waals surface area contributed by atoms with Crippen LogP contribution in [0.4, 0.5) is 0 Å². The van der Waals surface area contributed by atoms with Gasteiger partial charge in [0.05, 0.1) is 4.88 Å². The molecule has 1 aromatic rings. The topological polar surface area (TPSA) is 49.4 Å². The third-order valence-electron chi connectivity index (χ3n) is 4.05. The summed E-state index contributed by atoms with van der Waals surface area (Å²) in [5, 5.41) is 4.70. The molecule has 2 rings (SSSR count). The van der Waals surface area contributed by atoms with Gasteiger partial charge in [-0.1, -0.05) is 25.3 Å². The summed E-state index contributed by atoms with van der Waals surface area (Å²) < 4.78 is 0. The summed E-state index contributed by atoms with van der Waals surface area (Å²) in [5.41, 5.74) is 0. The van der Waals surface area contributed by atoms with Crippen molar-refractivity contribution in [3.05, 3.63) is 22.4 Å². The van der Waals surface area contributed by atoms with Gasteiger partial charge in [0.25, 0.3) is 5.91 Å². The Balaban J connectivity index is 1.76. The zero-order valence-corrected chi connectivity index (χ0v) is 13.5. The molecule has 4 nitrogen and oxygen atoms in total. The first-order valence-corrected chi connectivity index (χ1v) is 8.71. The molecule has 5 heteroatoms. The van der Waals surface area contributed by atoms with Gasteiger partial charge in [-0.05, 0) is 31.2 Å². The van der Waals surface area contributed by atoms with Crippen LogP contribution >= 0.6 is 11.3 Å². The number of rotatable bonds is 6. The van der Waals surface area contributed by atoms with Crippen LogP contribution in [-0.4, -0.2) is 35.8 Å². The van der Waals surface area contributed by atoms with Gasteiger partial charge in [-0.2, -0.15) is 0 Å². The molecule has 0 atom stereocenters. The predicted molar refractivity (Wildman–Crippen MR) is 85.5 cm³/mol. The lowest BCUT2D eigenvalue weighted by atomic mass is 9.94. The second-order valence-electron chi connectivity index (χ2n) is 5.45. The van der Waals surface area contributed by atoms with Gasteiger partial charge in [-0.25, -0.2) is 0 Å². The fraction of sp³-hybridized carbons (Fsp3) is 0.625. The van der Waals surface area contributed by atoms with Crippen LogP contribution in [-0.2, 0) is 4.79 Å². The molecular weight excluding hydrogens is 284 g/mol. The van der Waals surface area contributed by atoms with Crippen molar-refractivity contribution in [1.82, 2.24) is 10.2 Å². The minimum absolute atomic E-state index is 0.0847. The third-order valence-corrected chi connectivity index (χ3v) is 4.91. The van der Waals surface area contributed by atoms with Gasteiger partial charge in [-0.3, -0.25) is 9.59 Å². The van der Waals surface area contributed by atoms with E-state index in [4.69, 9.17) is 0 Å². The van der Waals surface area contributed by atoms with E-state index >= 15 is 0 Å². The Morgan fingerprint density at radius 1 is 1.33 bits per heavy atom. The fourth-order valence-electron chi connectivity index (χ4n) is 2.95. The van der Waals surface area contributed by atoms with Crippen molar-refractivity contribution >= 4 is 23.2 Å². The van der Waals surface area contributed by atoms with Crippen LogP contribution in [0.3, 0.4) is 0 Å². The molecule has 1 aliphatic rings. The highest BCUT2D eigenvalue weighted by Crippen LogP contribution is 2.22. The van der Waals surface area contributed by atoms with Gasteiger partial charge in [-0.15, -0.1) is 11.3 Å². The maximum Gasteiger partial charge on any atom is 0.261 e. The fourth-order valence-corrected chi connectivity index (χ4v) is 3.59. The average molecular weight is 308 g/mol. The molecule has 0 spiro atoms. The Kier molecular flexibility index (Phi) is 6.23. The van der Waals surface area contributed by atoms with Crippen molar-refractivity contribution in [3.8, 4) is 0 Å². The number of carbonyl (C=O) groups excluding carboxylic acids is 2. The van der Waals surface area contributed by atoms with Crippen molar-refractivity contribution in [2.45, 2.75) is 51.5 Å². The summed E-state index contributed by atoms with van der Waals surface area (Å²) >= 11 is 1.42. The van der Waals surface area contributed by atoms with Crippen LogP contribution in [0.1, 0.15) is 55.1 Å². The molecule has 1 heterocycles. The van der Waals surface area contributed by atoms with Crippen molar-refractivity contribution < 1.29 is 9.59 Å². The second kappa shape index (κ2) is 8.17. The number of thiophene rings is 1. The lowest BCUT2D eigenvalue weighted by Gasteiger charge is -2.33. The zero-order valence-electron chi connectivity index (χ0n) is 12.6. The Labute approximate surface area is 130 Å². The summed E-state index contributed by atoms with van der Waals surface area (Å²) in [4.78, 5) is 26.8. The van der Waals surface area contributed by atoms with Gasteiger partial charge in [0, 0.05) is 25.6 Å². The Morgan fingerprint density at radius 3 is 2.71 bits per heavy atom. The quantitative estimate of drug-likeness (QED) is 0.878. The summed E-state index contributed by atoms with van der Waals surface area (Å²) in [5.74, 6) is 0.0781. The number of carbonyl (C=O) groups is 2. The maximum absolute atomic E-state index is 12.3.